The minimum atomic E-state index is -0.644. The zero-order chi connectivity index (χ0) is 53.5. The summed E-state index contributed by atoms with van der Waals surface area (Å²) in [7, 11) is 2.22. The van der Waals surface area contributed by atoms with Gasteiger partial charge in [0.05, 0.1) is 19.6 Å². The molecule has 0 aliphatic carbocycles. The Balaban J connectivity index is 0.000000173. The average Bonchev–Trinajstić information content (AvgIpc) is 4.12. The van der Waals surface area contributed by atoms with Gasteiger partial charge in [-0.1, -0.05) is 53.9 Å². The molecular formula is C52H56F2IN17O3S2. The van der Waals surface area contributed by atoms with Crippen LogP contribution in [0.25, 0.3) is 44.7 Å². The maximum Gasteiger partial charge on any atom is 0.278 e. The van der Waals surface area contributed by atoms with Gasteiger partial charge in [0, 0.05) is 43.1 Å². The van der Waals surface area contributed by atoms with Crippen LogP contribution in [0.15, 0.2) is 142 Å². The van der Waals surface area contributed by atoms with E-state index in [9.17, 15) is 23.2 Å². The van der Waals surface area contributed by atoms with Gasteiger partial charge in [-0.2, -0.15) is 13.8 Å². The normalized spacial score (nSPS) is 14.1. The largest absolute Gasteiger partial charge is 0.371 e. The molecule has 1 aromatic carbocycles. The number of likely N-dealkylation sites (tertiary alicyclic amines) is 1. The lowest BCUT2D eigenvalue weighted by Crippen LogP contribution is -2.46. The lowest BCUT2D eigenvalue weighted by Gasteiger charge is -2.46. The van der Waals surface area contributed by atoms with Gasteiger partial charge in [0.2, 0.25) is 17.8 Å². The SMILES string of the molecule is C=CCn1[nH]c2nc(SC)ncc2c1=O.C=CCn1c(=O)c2cnc(Nc3ccc(N4CCC5(CCN(C)CC5)CC4)cc3)nc2n1-c1cccc(F)n1.C=CCn1c(=O)c2cnc(SC)nc2n1-c1cccc(F)n1.I. The van der Waals surface area contributed by atoms with E-state index in [1.807, 2.05) is 24.6 Å². The number of aromatic nitrogens is 14. The van der Waals surface area contributed by atoms with E-state index in [1.165, 1.54) is 122 Å². The highest BCUT2D eigenvalue weighted by molar-refractivity contribution is 14.0. The second kappa shape index (κ2) is 24.8. The molecule has 400 valence electrons. The highest BCUT2D eigenvalue weighted by atomic mass is 127. The van der Waals surface area contributed by atoms with E-state index in [1.54, 1.807) is 42.6 Å². The maximum absolute atomic E-state index is 13.9. The number of nitrogens with zero attached hydrogens (tertiary/aromatic N) is 15. The minimum absolute atomic E-state index is 0. The molecule has 77 heavy (non-hydrogen) atoms. The van der Waals surface area contributed by atoms with E-state index in [0.29, 0.717) is 61.3 Å². The number of nitrogens with one attached hydrogen (secondary N) is 2. The first kappa shape index (κ1) is 55.9. The van der Waals surface area contributed by atoms with Crippen LogP contribution in [-0.2, 0) is 19.6 Å². The molecule has 2 saturated heterocycles. The number of thioether (sulfide) groups is 2. The number of allylic oxidation sites excluding steroid dienone is 3. The van der Waals surface area contributed by atoms with Gasteiger partial charge in [-0.25, -0.2) is 58.3 Å². The van der Waals surface area contributed by atoms with Crippen molar-refractivity contribution in [3.05, 3.63) is 160 Å². The zero-order valence-corrected chi connectivity index (χ0v) is 46.5. The molecule has 11 rings (SSSR count). The predicted octanol–water partition coefficient (Wildman–Crippen LogP) is 8.03. The van der Waals surface area contributed by atoms with Crippen molar-refractivity contribution in [3.63, 3.8) is 0 Å². The van der Waals surface area contributed by atoms with Gasteiger partial charge in [0.25, 0.3) is 16.7 Å². The molecule has 0 amide bonds. The van der Waals surface area contributed by atoms with Gasteiger partial charge in [0.15, 0.2) is 38.9 Å². The molecule has 2 aliphatic rings. The van der Waals surface area contributed by atoms with Gasteiger partial charge >= 0.3 is 0 Å². The average molecular weight is 1200 g/mol. The van der Waals surface area contributed by atoms with Crippen molar-refractivity contribution in [2.24, 2.45) is 5.41 Å². The summed E-state index contributed by atoms with van der Waals surface area (Å²) in [5.74, 6) is -0.412. The third-order valence-electron chi connectivity index (χ3n) is 13.3. The fourth-order valence-corrected chi connectivity index (χ4v) is 9.95. The van der Waals surface area contributed by atoms with Gasteiger partial charge in [0.1, 0.15) is 16.2 Å². The summed E-state index contributed by atoms with van der Waals surface area (Å²) in [5, 5.41) is 8.50. The number of aromatic amines is 1. The molecule has 9 aromatic rings. The molecular weight excluding hydrogens is 1140 g/mol. The Hall–Kier alpha value is -7.36. The minimum Gasteiger partial charge on any atom is -0.371 e. The summed E-state index contributed by atoms with van der Waals surface area (Å²) in [5.41, 5.74) is 3.20. The third kappa shape index (κ3) is 12.1. The third-order valence-corrected chi connectivity index (χ3v) is 14.4. The Morgan fingerprint density at radius 2 is 1.14 bits per heavy atom. The van der Waals surface area contributed by atoms with Crippen molar-refractivity contribution in [1.29, 1.82) is 0 Å². The molecule has 0 radical (unpaired) electrons. The summed E-state index contributed by atoms with van der Waals surface area (Å²) < 4.78 is 34.7. The molecule has 0 bridgehead atoms. The lowest BCUT2D eigenvalue weighted by molar-refractivity contribution is 0.0945. The fourth-order valence-electron chi connectivity index (χ4n) is 9.27. The first-order valence-electron chi connectivity index (χ1n) is 24.3. The Bertz CT molecular complexity index is 3760. The number of halogens is 3. The molecule has 0 saturated carbocycles. The van der Waals surface area contributed by atoms with Crippen molar-refractivity contribution < 1.29 is 8.78 Å². The van der Waals surface area contributed by atoms with Crippen LogP contribution in [0.1, 0.15) is 25.7 Å². The molecule has 2 aliphatic heterocycles. The van der Waals surface area contributed by atoms with E-state index in [-0.39, 0.29) is 65.4 Å². The molecule has 2 fully saturated rings. The second-order valence-corrected chi connectivity index (χ2v) is 19.6. The molecule has 2 N–H and O–H groups in total. The first-order chi connectivity index (χ1) is 36.9. The number of piperidine rings is 2. The predicted molar refractivity (Wildman–Crippen MR) is 310 cm³/mol. The summed E-state index contributed by atoms with van der Waals surface area (Å²) in [6.07, 6.45) is 18.2. The van der Waals surface area contributed by atoms with E-state index in [4.69, 9.17) is 0 Å². The number of pyridine rings is 2. The van der Waals surface area contributed by atoms with Crippen LogP contribution in [-0.4, -0.2) is 119 Å². The van der Waals surface area contributed by atoms with E-state index in [0.717, 1.165) is 18.8 Å². The molecule has 10 heterocycles. The number of hydrogen-bond donors (Lipinski definition) is 2. The Kier molecular flexibility index (Phi) is 18.0. The number of benzene rings is 1. The topological polar surface area (TPSA) is 213 Å². The second-order valence-electron chi connectivity index (χ2n) is 18.0. The highest BCUT2D eigenvalue weighted by Gasteiger charge is 2.37. The monoisotopic (exact) mass is 1200 g/mol. The smallest absolute Gasteiger partial charge is 0.278 e. The summed E-state index contributed by atoms with van der Waals surface area (Å²) in [4.78, 5) is 75.7. The van der Waals surface area contributed by atoms with Gasteiger partial charge in [-0.15, -0.1) is 43.7 Å². The fraction of sp³-hybridized carbons (Fsp3) is 0.288. The van der Waals surface area contributed by atoms with Gasteiger partial charge in [-0.05, 0) is 112 Å². The molecule has 20 nitrogen and oxygen atoms in total. The van der Waals surface area contributed by atoms with Crippen LogP contribution in [0.5, 0.6) is 0 Å². The zero-order valence-electron chi connectivity index (χ0n) is 42.6. The molecule has 8 aromatic heterocycles. The van der Waals surface area contributed by atoms with Crippen LogP contribution in [0.2, 0.25) is 0 Å². The van der Waals surface area contributed by atoms with Crippen LogP contribution >= 0.6 is 47.5 Å². The Morgan fingerprint density at radius 3 is 1.68 bits per heavy atom. The van der Waals surface area contributed by atoms with Crippen molar-refractivity contribution in [2.75, 3.05) is 56.0 Å². The van der Waals surface area contributed by atoms with E-state index < -0.39 is 11.9 Å². The highest BCUT2D eigenvalue weighted by Crippen LogP contribution is 2.42. The molecule has 0 unspecified atom stereocenters. The number of H-pyrrole nitrogens is 1. The van der Waals surface area contributed by atoms with E-state index >= 15 is 0 Å². The quantitative estimate of drug-likeness (QED) is 0.0368. The lowest BCUT2D eigenvalue weighted by atomic mass is 9.71. The number of fused-ring (bicyclic) bond motifs is 3. The number of rotatable bonds is 13. The van der Waals surface area contributed by atoms with Crippen molar-refractivity contribution in [3.8, 4) is 11.6 Å². The van der Waals surface area contributed by atoms with Crippen LogP contribution in [0.4, 0.5) is 26.1 Å². The van der Waals surface area contributed by atoms with Crippen LogP contribution < -0.4 is 26.9 Å². The number of hydrogen-bond acceptors (Lipinski definition) is 16. The van der Waals surface area contributed by atoms with Crippen molar-refractivity contribution in [2.45, 2.75) is 55.6 Å². The Morgan fingerprint density at radius 1 is 0.636 bits per heavy atom. The Labute approximate surface area is 466 Å². The van der Waals surface area contributed by atoms with Gasteiger partial charge in [-0.3, -0.25) is 19.5 Å². The van der Waals surface area contributed by atoms with Crippen LogP contribution in [0.3, 0.4) is 0 Å². The van der Waals surface area contributed by atoms with Crippen molar-refractivity contribution in [1.82, 2.24) is 73.3 Å². The van der Waals surface area contributed by atoms with E-state index in [2.05, 4.69) is 99.0 Å². The van der Waals surface area contributed by atoms with Crippen molar-refractivity contribution >= 4 is 97.9 Å². The summed E-state index contributed by atoms with van der Waals surface area (Å²) in [6, 6.07) is 17.1. The van der Waals surface area contributed by atoms with Crippen LogP contribution in [0, 0.1) is 17.3 Å². The molecule has 0 atom stereocenters. The number of anilines is 3. The maximum atomic E-state index is 13.9. The molecule has 25 heteroatoms. The summed E-state index contributed by atoms with van der Waals surface area (Å²) >= 11 is 2.80. The molecule has 1 spiro atoms. The first-order valence-corrected chi connectivity index (χ1v) is 26.7. The van der Waals surface area contributed by atoms with Gasteiger partial charge < -0.3 is 15.1 Å². The summed E-state index contributed by atoms with van der Waals surface area (Å²) in [6.45, 7) is 16.5. The standard InChI is InChI=1S/C29H33FN8O.C14H12FN5OS.C9H10N4OS.HI/c1-3-15-37-27(39)23-20-31-28(34-26(23)38(37)25-6-4-5-24(30)33-25)32-21-7-9-22(10-8-21)36-18-13-29(14-19-36)11-16-35(2)17-12-29;1-3-7-19-13(21)9-8-16-14(22-2)18-12(9)20(19)11-6-4-5-10(15)17-11;1-3-4-13-8(14)6-5-10-9(15-2)11-7(6)12-13;/h3-10,20H,1,11-19H2,2H3,(H,31,32,34);3-6,8H,1,7H2,2H3;3,5H,1,4H2,2H3,(H,10,11,12);1H.